The van der Waals surface area contributed by atoms with E-state index in [1.165, 1.54) is 13.0 Å². The molecule has 0 aliphatic heterocycles. The molecule has 10 heteroatoms. The number of aliphatic hydroxyl groups is 1. The second-order valence-corrected chi connectivity index (χ2v) is 8.72. The molecule has 1 unspecified atom stereocenters. The molecule has 0 fully saturated rings. The molecule has 0 spiro atoms. The Morgan fingerprint density at radius 1 is 1.16 bits per heavy atom. The molecule has 170 valence electrons. The van der Waals surface area contributed by atoms with E-state index in [0.29, 0.717) is 0 Å². The fraction of sp³-hybridized carbons (Fsp3) is 0.136. The van der Waals surface area contributed by atoms with Crippen LogP contribution in [0.15, 0.2) is 82.9 Å². The fourth-order valence-electron chi connectivity index (χ4n) is 3.00. The Balaban J connectivity index is 2.72. The lowest BCUT2D eigenvalue weighted by molar-refractivity contribution is -0.118. The van der Waals surface area contributed by atoms with Crippen LogP contribution in [-0.2, 0) is 14.6 Å². The van der Waals surface area contributed by atoms with Crippen LogP contribution in [0.25, 0.3) is 0 Å². The molecule has 2 aromatic rings. The fourth-order valence-corrected chi connectivity index (χ4v) is 4.90. The van der Waals surface area contributed by atoms with Gasteiger partial charge in [-0.3, -0.25) is 4.79 Å². The first-order valence-corrected chi connectivity index (χ1v) is 10.7. The maximum absolute atomic E-state index is 14.7. The summed E-state index contributed by atoms with van der Waals surface area (Å²) in [7, 11) is -4.47. The molecule has 0 aromatic heterocycles. The molecule has 32 heavy (non-hydrogen) atoms. The first-order chi connectivity index (χ1) is 15.0. The van der Waals surface area contributed by atoms with Crippen LogP contribution in [0, 0.1) is 17.5 Å². The third-order valence-electron chi connectivity index (χ3n) is 4.53. The van der Waals surface area contributed by atoms with Gasteiger partial charge in [0, 0.05) is 11.1 Å². The number of sulfone groups is 1. The monoisotopic (exact) mass is 466 g/mol. The zero-order chi connectivity index (χ0) is 24.1. The smallest absolute Gasteiger partial charge is 0.252 e. The summed E-state index contributed by atoms with van der Waals surface area (Å²) in [4.78, 5) is 11.5. The number of amides is 1. The van der Waals surface area contributed by atoms with Gasteiger partial charge in [-0.1, -0.05) is 6.58 Å². The first-order valence-electron chi connectivity index (χ1n) is 9.15. The van der Waals surface area contributed by atoms with Crippen molar-refractivity contribution < 1.29 is 31.5 Å². The second-order valence-electron chi connectivity index (χ2n) is 6.68. The number of allylic oxidation sites excluding steroid dienone is 1. The van der Waals surface area contributed by atoms with Crippen molar-refractivity contribution in [3.05, 3.63) is 101 Å². The number of aliphatic hydroxyl groups excluding tert-OH is 1. The van der Waals surface area contributed by atoms with Crippen molar-refractivity contribution in [1.29, 1.82) is 0 Å². The van der Waals surface area contributed by atoms with Crippen LogP contribution in [0.2, 0.25) is 0 Å². The minimum atomic E-state index is -4.47. The largest absolute Gasteiger partial charge is 0.404 e. The van der Waals surface area contributed by atoms with Gasteiger partial charge in [-0.2, -0.15) is 0 Å². The number of nitrogens with one attached hydrogen (secondary N) is 1. The van der Waals surface area contributed by atoms with Gasteiger partial charge >= 0.3 is 0 Å². The highest BCUT2D eigenvalue weighted by atomic mass is 32.2. The molecule has 0 aliphatic rings. The SMILES string of the molecule is C=C(/C=C(C)\C(=C/N)C(c1cc(F)ccc1F)S(=O)(=O)c1ccc(F)cc1)C(=O)NCO. The minimum absolute atomic E-state index is 0.116. The van der Waals surface area contributed by atoms with Crippen molar-refractivity contribution in [1.82, 2.24) is 5.32 Å². The summed E-state index contributed by atoms with van der Waals surface area (Å²) >= 11 is 0. The van der Waals surface area contributed by atoms with E-state index in [4.69, 9.17) is 10.8 Å². The highest BCUT2D eigenvalue weighted by Gasteiger charge is 2.35. The Hall–Kier alpha value is -3.37. The highest BCUT2D eigenvalue weighted by Crippen LogP contribution is 2.39. The third kappa shape index (κ3) is 5.45. The van der Waals surface area contributed by atoms with E-state index < -0.39 is 50.7 Å². The molecule has 2 aromatic carbocycles. The van der Waals surface area contributed by atoms with E-state index >= 15 is 0 Å². The summed E-state index contributed by atoms with van der Waals surface area (Å²) in [5.74, 6) is -3.32. The van der Waals surface area contributed by atoms with Gasteiger partial charge in [0.25, 0.3) is 5.91 Å². The van der Waals surface area contributed by atoms with Gasteiger partial charge in [-0.25, -0.2) is 21.6 Å². The summed E-state index contributed by atoms with van der Waals surface area (Å²) in [6.45, 7) is 4.28. The zero-order valence-electron chi connectivity index (χ0n) is 17.0. The summed E-state index contributed by atoms with van der Waals surface area (Å²) in [5.41, 5.74) is 4.99. The number of halogens is 3. The van der Waals surface area contributed by atoms with Crippen LogP contribution in [0.1, 0.15) is 17.7 Å². The quantitative estimate of drug-likeness (QED) is 0.240. The van der Waals surface area contributed by atoms with Crippen molar-refractivity contribution in [2.45, 2.75) is 17.1 Å². The molecule has 4 N–H and O–H groups in total. The van der Waals surface area contributed by atoms with Gasteiger partial charge in [0.05, 0.1) is 4.90 Å². The van der Waals surface area contributed by atoms with Crippen molar-refractivity contribution in [2.24, 2.45) is 5.73 Å². The summed E-state index contributed by atoms with van der Waals surface area (Å²) in [6, 6.07) is 6.16. The van der Waals surface area contributed by atoms with Gasteiger partial charge in [0.15, 0.2) is 9.84 Å². The standard InChI is InChI=1S/C22H21F3N2O4S/c1-13(9-14(2)22(29)27-12-28)19(11-26)21(18-10-16(24)5-8-20(18)25)32(30,31)17-6-3-15(23)4-7-17/h3-11,21,28H,2,12,26H2,1H3,(H,27,29)/b13-9-,19-11+. The van der Waals surface area contributed by atoms with Crippen LogP contribution >= 0.6 is 0 Å². The second kappa shape index (κ2) is 10.3. The van der Waals surface area contributed by atoms with Crippen molar-refractivity contribution in [3.63, 3.8) is 0 Å². The maximum atomic E-state index is 14.7. The van der Waals surface area contributed by atoms with Crippen molar-refractivity contribution >= 4 is 15.7 Å². The first kappa shape index (κ1) is 24.9. The van der Waals surface area contributed by atoms with Gasteiger partial charge in [-0.15, -0.1) is 0 Å². The minimum Gasteiger partial charge on any atom is -0.404 e. The average molecular weight is 466 g/mol. The molecule has 1 atom stereocenters. The Morgan fingerprint density at radius 2 is 1.75 bits per heavy atom. The van der Waals surface area contributed by atoms with E-state index in [0.717, 1.165) is 48.7 Å². The number of rotatable bonds is 8. The highest BCUT2D eigenvalue weighted by molar-refractivity contribution is 7.92. The van der Waals surface area contributed by atoms with Crippen LogP contribution in [-0.4, -0.2) is 26.2 Å². The van der Waals surface area contributed by atoms with Gasteiger partial charge in [-0.05, 0) is 72.8 Å². The molecule has 6 nitrogen and oxygen atoms in total. The molecule has 0 saturated carbocycles. The zero-order valence-corrected chi connectivity index (χ0v) is 17.8. The Kier molecular flexibility index (Phi) is 8.01. The number of hydrogen-bond acceptors (Lipinski definition) is 5. The molecular weight excluding hydrogens is 445 g/mol. The number of carbonyl (C=O) groups is 1. The van der Waals surface area contributed by atoms with E-state index in [-0.39, 0.29) is 21.6 Å². The van der Waals surface area contributed by atoms with E-state index in [2.05, 4.69) is 11.9 Å². The Labute approximate surface area is 183 Å². The molecule has 0 bridgehead atoms. The van der Waals surface area contributed by atoms with Crippen LogP contribution in [0.5, 0.6) is 0 Å². The van der Waals surface area contributed by atoms with Crippen LogP contribution in [0.3, 0.4) is 0 Å². The molecule has 0 heterocycles. The van der Waals surface area contributed by atoms with Gasteiger partial charge < -0.3 is 16.2 Å². The lowest BCUT2D eigenvalue weighted by Gasteiger charge is -2.23. The summed E-state index contributed by atoms with van der Waals surface area (Å²) in [6.07, 6.45) is 2.09. The van der Waals surface area contributed by atoms with E-state index in [1.54, 1.807) is 0 Å². The molecule has 0 radical (unpaired) electrons. The summed E-state index contributed by atoms with van der Waals surface area (Å²) < 4.78 is 68.9. The molecular formula is C22H21F3N2O4S. The van der Waals surface area contributed by atoms with Crippen LogP contribution < -0.4 is 11.1 Å². The number of carbonyl (C=O) groups excluding carboxylic acids is 1. The van der Waals surface area contributed by atoms with Gasteiger partial charge in [0.2, 0.25) is 0 Å². The van der Waals surface area contributed by atoms with E-state index in [1.807, 2.05) is 0 Å². The predicted molar refractivity (Wildman–Crippen MR) is 113 cm³/mol. The molecule has 0 aliphatic carbocycles. The molecule has 1 amide bonds. The van der Waals surface area contributed by atoms with Gasteiger partial charge in [0.1, 0.15) is 29.4 Å². The lowest BCUT2D eigenvalue weighted by Crippen LogP contribution is -2.25. The number of hydrogen-bond donors (Lipinski definition) is 3. The maximum Gasteiger partial charge on any atom is 0.252 e. The lowest BCUT2D eigenvalue weighted by atomic mass is 9.97. The Bertz CT molecular complexity index is 1190. The van der Waals surface area contributed by atoms with Crippen LogP contribution in [0.4, 0.5) is 13.2 Å². The molecule has 0 saturated heterocycles. The summed E-state index contributed by atoms with van der Waals surface area (Å²) in [5, 5.41) is 9.10. The predicted octanol–water partition coefficient (Wildman–Crippen LogP) is 3.03. The third-order valence-corrected chi connectivity index (χ3v) is 6.59. The topological polar surface area (TPSA) is 109 Å². The van der Waals surface area contributed by atoms with E-state index in [9.17, 15) is 26.4 Å². The van der Waals surface area contributed by atoms with Crippen molar-refractivity contribution in [3.8, 4) is 0 Å². The normalized spacial score (nSPS) is 13.5. The average Bonchev–Trinajstić information content (AvgIpc) is 2.74. The number of nitrogens with two attached hydrogens (primary N) is 1. The van der Waals surface area contributed by atoms with Crippen molar-refractivity contribution in [2.75, 3.05) is 6.73 Å². The number of benzene rings is 2. The Morgan fingerprint density at radius 3 is 2.31 bits per heavy atom. The molecule has 2 rings (SSSR count).